The van der Waals surface area contributed by atoms with E-state index in [0.717, 1.165) is 0 Å². The molecule has 2 rings (SSSR count). The summed E-state index contributed by atoms with van der Waals surface area (Å²) in [7, 11) is 4.27. The molecule has 0 heterocycles. The van der Waals surface area contributed by atoms with Crippen LogP contribution in [-0.4, -0.2) is 52.4 Å². The lowest BCUT2D eigenvalue weighted by Gasteiger charge is -2.16. The smallest absolute Gasteiger partial charge is 0.340 e. The average molecular weight is 496 g/mol. The highest BCUT2D eigenvalue weighted by Gasteiger charge is 2.24. The number of anilines is 1. The van der Waals surface area contributed by atoms with Crippen molar-refractivity contribution in [1.29, 1.82) is 0 Å². The fourth-order valence-electron chi connectivity index (χ4n) is 2.58. The number of methoxy groups -OCH3 is 3. The molecule has 31 heavy (non-hydrogen) atoms. The van der Waals surface area contributed by atoms with Gasteiger partial charge in [-0.15, -0.1) is 0 Å². The third-order valence-electron chi connectivity index (χ3n) is 4.00. The summed E-state index contributed by atoms with van der Waals surface area (Å²) < 4.78 is 26.1. The van der Waals surface area contributed by atoms with Crippen molar-refractivity contribution in [2.75, 3.05) is 39.9 Å². The van der Waals surface area contributed by atoms with Crippen molar-refractivity contribution in [1.82, 2.24) is 0 Å². The maximum Gasteiger partial charge on any atom is 0.340 e. The normalized spacial score (nSPS) is 10.1. The lowest BCUT2D eigenvalue weighted by molar-refractivity contribution is -0.119. The summed E-state index contributed by atoms with van der Waals surface area (Å²) in [5.41, 5.74) is 0.891. The summed E-state index contributed by atoms with van der Waals surface area (Å²) in [5.74, 6) is -0.956. The Bertz CT molecular complexity index is 959. The number of ether oxygens (including phenoxy) is 5. The summed E-state index contributed by atoms with van der Waals surface area (Å²) >= 11 is 3.29. The van der Waals surface area contributed by atoms with Crippen molar-refractivity contribution in [3.05, 3.63) is 45.9 Å². The van der Waals surface area contributed by atoms with Gasteiger partial charge in [0.15, 0.2) is 18.1 Å². The predicted octanol–water partition coefficient (Wildman–Crippen LogP) is 3.45. The predicted molar refractivity (Wildman–Crippen MR) is 115 cm³/mol. The van der Waals surface area contributed by atoms with E-state index in [1.807, 2.05) is 0 Å². The molecule has 0 aromatic heterocycles. The second-order valence-electron chi connectivity index (χ2n) is 5.93. The van der Waals surface area contributed by atoms with E-state index >= 15 is 0 Å². The fourth-order valence-corrected chi connectivity index (χ4v) is 3.20. The van der Waals surface area contributed by atoms with E-state index in [9.17, 15) is 14.4 Å². The van der Waals surface area contributed by atoms with Gasteiger partial charge in [-0.2, -0.15) is 0 Å². The molecule has 0 spiro atoms. The number of esters is 2. The van der Waals surface area contributed by atoms with Crippen LogP contribution < -0.4 is 19.5 Å². The molecule has 0 fully saturated rings. The zero-order valence-electron chi connectivity index (χ0n) is 17.4. The molecule has 10 heteroatoms. The van der Waals surface area contributed by atoms with Crippen molar-refractivity contribution in [3.63, 3.8) is 0 Å². The van der Waals surface area contributed by atoms with Crippen molar-refractivity contribution < 1.29 is 38.1 Å². The molecule has 166 valence electrons. The maximum absolute atomic E-state index is 12.5. The van der Waals surface area contributed by atoms with E-state index in [1.165, 1.54) is 39.5 Å². The van der Waals surface area contributed by atoms with Gasteiger partial charge in [-0.05, 0) is 53.2 Å². The van der Waals surface area contributed by atoms with Crippen LogP contribution in [0.5, 0.6) is 17.2 Å². The van der Waals surface area contributed by atoms with Gasteiger partial charge in [0.25, 0.3) is 5.91 Å². The monoisotopic (exact) mass is 495 g/mol. The molecular formula is C21H22BrNO8. The minimum Gasteiger partial charge on any atom is -0.493 e. The largest absolute Gasteiger partial charge is 0.493 e. The molecule has 0 radical (unpaired) electrons. The molecule has 2 aromatic rings. The van der Waals surface area contributed by atoms with Crippen LogP contribution in [-0.2, 0) is 14.3 Å². The quantitative estimate of drug-likeness (QED) is 0.526. The lowest BCUT2D eigenvalue weighted by atomic mass is 10.2. The van der Waals surface area contributed by atoms with E-state index < -0.39 is 24.5 Å². The van der Waals surface area contributed by atoms with E-state index in [-0.39, 0.29) is 23.7 Å². The highest BCUT2D eigenvalue weighted by molar-refractivity contribution is 9.10. The molecule has 1 amide bonds. The Morgan fingerprint density at radius 1 is 0.903 bits per heavy atom. The van der Waals surface area contributed by atoms with Crippen molar-refractivity contribution in [2.45, 2.75) is 6.92 Å². The van der Waals surface area contributed by atoms with E-state index in [2.05, 4.69) is 21.2 Å². The van der Waals surface area contributed by atoms with Crippen LogP contribution in [0.15, 0.2) is 34.8 Å². The van der Waals surface area contributed by atoms with Crippen LogP contribution in [0.25, 0.3) is 0 Å². The number of carbonyl (C=O) groups excluding carboxylic acids is 3. The topological polar surface area (TPSA) is 109 Å². The average Bonchev–Trinajstić information content (AvgIpc) is 2.77. The minimum atomic E-state index is -0.765. The van der Waals surface area contributed by atoms with Gasteiger partial charge < -0.3 is 29.0 Å². The first-order chi connectivity index (χ1) is 14.9. The molecule has 2 aromatic carbocycles. The summed E-state index contributed by atoms with van der Waals surface area (Å²) in [6.07, 6.45) is 0. The Morgan fingerprint density at radius 2 is 1.55 bits per heavy atom. The van der Waals surface area contributed by atoms with Gasteiger partial charge in [0, 0.05) is 5.69 Å². The van der Waals surface area contributed by atoms with Gasteiger partial charge in [-0.25, -0.2) is 9.59 Å². The highest BCUT2D eigenvalue weighted by atomic mass is 79.9. The molecule has 9 nitrogen and oxygen atoms in total. The van der Waals surface area contributed by atoms with Gasteiger partial charge in [0.1, 0.15) is 0 Å². The van der Waals surface area contributed by atoms with Gasteiger partial charge in [0.2, 0.25) is 5.75 Å². The van der Waals surface area contributed by atoms with Crippen LogP contribution in [0.4, 0.5) is 5.69 Å². The molecular weight excluding hydrogens is 474 g/mol. The SMILES string of the molecule is CCOC(=O)c1ccc(NC(=O)COC(=O)c2cc(OC)c(OC)c(OC)c2Br)cc1. The molecule has 0 aliphatic heterocycles. The first kappa shape index (κ1) is 24.0. The number of nitrogens with one attached hydrogen (secondary N) is 1. The molecule has 0 bridgehead atoms. The third kappa shape index (κ3) is 5.88. The highest BCUT2D eigenvalue weighted by Crippen LogP contribution is 2.44. The molecule has 1 N–H and O–H groups in total. The Hall–Kier alpha value is -3.27. The summed E-state index contributed by atoms with van der Waals surface area (Å²) in [6.45, 7) is 1.46. The first-order valence-electron chi connectivity index (χ1n) is 9.08. The molecule has 0 unspecified atom stereocenters. The van der Waals surface area contributed by atoms with Crippen LogP contribution in [0.1, 0.15) is 27.6 Å². The summed E-state index contributed by atoms with van der Waals surface area (Å²) in [5, 5.41) is 2.58. The number of carbonyl (C=O) groups is 3. The number of hydrogen-bond donors (Lipinski definition) is 1. The lowest BCUT2D eigenvalue weighted by Crippen LogP contribution is -2.21. The third-order valence-corrected chi connectivity index (χ3v) is 4.79. The number of halogens is 1. The number of hydrogen-bond acceptors (Lipinski definition) is 8. The van der Waals surface area contributed by atoms with Crippen LogP contribution >= 0.6 is 15.9 Å². The molecule has 0 aliphatic carbocycles. The maximum atomic E-state index is 12.5. The molecule has 0 atom stereocenters. The molecule has 0 saturated heterocycles. The van der Waals surface area contributed by atoms with Gasteiger partial charge >= 0.3 is 11.9 Å². The molecule has 0 aliphatic rings. The summed E-state index contributed by atoms with van der Waals surface area (Å²) in [6, 6.07) is 7.54. The van der Waals surface area contributed by atoms with E-state index in [4.69, 9.17) is 23.7 Å². The van der Waals surface area contributed by atoms with E-state index in [1.54, 1.807) is 19.1 Å². The number of benzene rings is 2. The van der Waals surface area contributed by atoms with Crippen LogP contribution in [0.3, 0.4) is 0 Å². The standard InChI is InChI=1S/C21H22BrNO8/c1-5-30-20(25)12-6-8-13(9-7-12)23-16(24)11-31-21(26)14-10-15(27-2)18(28-3)19(29-4)17(14)22/h6-10H,5,11H2,1-4H3,(H,23,24). The Kier molecular flexibility index (Phi) is 8.68. The van der Waals surface area contributed by atoms with Gasteiger partial charge in [0.05, 0.1) is 43.5 Å². The minimum absolute atomic E-state index is 0.0982. The second-order valence-corrected chi connectivity index (χ2v) is 6.72. The fraction of sp³-hybridized carbons (Fsp3) is 0.286. The van der Waals surface area contributed by atoms with Crippen molar-refractivity contribution >= 4 is 39.5 Å². The first-order valence-corrected chi connectivity index (χ1v) is 9.88. The van der Waals surface area contributed by atoms with E-state index in [0.29, 0.717) is 21.5 Å². The van der Waals surface area contributed by atoms with Crippen molar-refractivity contribution in [2.24, 2.45) is 0 Å². The Labute approximate surface area is 187 Å². The van der Waals surface area contributed by atoms with Crippen molar-refractivity contribution in [3.8, 4) is 17.2 Å². The summed E-state index contributed by atoms with van der Waals surface area (Å²) in [4.78, 5) is 36.3. The van der Waals surface area contributed by atoms with Crippen LogP contribution in [0, 0.1) is 0 Å². The number of rotatable bonds is 9. The zero-order valence-corrected chi connectivity index (χ0v) is 19.0. The number of amides is 1. The van der Waals surface area contributed by atoms with Gasteiger partial charge in [-0.1, -0.05) is 0 Å². The zero-order chi connectivity index (χ0) is 23.0. The Morgan fingerprint density at radius 3 is 2.10 bits per heavy atom. The second kappa shape index (κ2) is 11.2. The van der Waals surface area contributed by atoms with Crippen LogP contribution in [0.2, 0.25) is 0 Å². The van der Waals surface area contributed by atoms with Gasteiger partial charge in [-0.3, -0.25) is 4.79 Å². The molecule has 0 saturated carbocycles. The Balaban J connectivity index is 2.04.